The van der Waals surface area contributed by atoms with Gasteiger partial charge < -0.3 is 18.9 Å². The van der Waals surface area contributed by atoms with Crippen molar-refractivity contribution in [1.82, 2.24) is 0 Å². The third-order valence-corrected chi connectivity index (χ3v) is 3.65. The van der Waals surface area contributed by atoms with E-state index in [-0.39, 0.29) is 5.97 Å². The fourth-order valence-electron chi connectivity index (χ4n) is 2.61. The summed E-state index contributed by atoms with van der Waals surface area (Å²) in [7, 11) is 4.55. The molecule has 1 aliphatic heterocycles. The highest BCUT2D eigenvalue weighted by Gasteiger charge is 2.32. The summed E-state index contributed by atoms with van der Waals surface area (Å²) in [6, 6.07) is 9.39. The molecule has 1 heterocycles. The predicted molar refractivity (Wildman–Crippen MR) is 75.9 cm³/mol. The molecule has 0 bridgehead atoms. The van der Waals surface area contributed by atoms with Crippen LogP contribution >= 0.6 is 0 Å². The van der Waals surface area contributed by atoms with Crippen molar-refractivity contribution in [3.8, 4) is 0 Å². The lowest BCUT2D eigenvalue weighted by Gasteiger charge is -2.10. The lowest BCUT2D eigenvalue weighted by Crippen LogP contribution is -2.01. The first-order valence-electron chi connectivity index (χ1n) is 6.55. The molecule has 0 saturated carbocycles. The van der Waals surface area contributed by atoms with E-state index in [2.05, 4.69) is 0 Å². The molecule has 21 heavy (non-hydrogen) atoms. The maximum atomic E-state index is 11.6. The SMILES string of the molecule is COC(=O)c1ccc2cc3c(cc2c1)[C@H](OC)O[C@H]3OC. The standard InChI is InChI=1S/C16H16O5/c1-18-14(17)10-5-4-9-7-12-13(8-11(9)6-10)16(20-3)21-15(12)19-2/h4-8,15-16H,1-3H3/t15-,16-/m1/s1. The number of esters is 1. The smallest absolute Gasteiger partial charge is 0.337 e. The molecule has 0 fully saturated rings. The molecule has 5 heteroatoms. The molecular weight excluding hydrogens is 272 g/mol. The van der Waals surface area contributed by atoms with Crippen LogP contribution in [0.5, 0.6) is 0 Å². The number of methoxy groups -OCH3 is 3. The number of hydrogen-bond acceptors (Lipinski definition) is 5. The van der Waals surface area contributed by atoms with Gasteiger partial charge in [0.15, 0.2) is 12.6 Å². The van der Waals surface area contributed by atoms with Crippen molar-refractivity contribution in [2.45, 2.75) is 12.6 Å². The van der Waals surface area contributed by atoms with E-state index in [0.29, 0.717) is 5.56 Å². The molecule has 0 amide bonds. The molecule has 0 aromatic heterocycles. The number of carbonyl (C=O) groups excluding carboxylic acids is 1. The maximum Gasteiger partial charge on any atom is 0.337 e. The summed E-state index contributed by atoms with van der Waals surface area (Å²) in [5, 5.41) is 1.93. The number of carbonyl (C=O) groups is 1. The van der Waals surface area contributed by atoms with Crippen molar-refractivity contribution in [2.75, 3.05) is 21.3 Å². The first-order chi connectivity index (χ1) is 10.2. The van der Waals surface area contributed by atoms with Crippen LogP contribution in [-0.2, 0) is 18.9 Å². The molecule has 2 atom stereocenters. The highest BCUT2D eigenvalue weighted by Crippen LogP contribution is 2.41. The molecule has 0 N–H and O–H groups in total. The van der Waals surface area contributed by atoms with Gasteiger partial charge in [-0.05, 0) is 35.0 Å². The van der Waals surface area contributed by atoms with E-state index < -0.39 is 12.6 Å². The highest BCUT2D eigenvalue weighted by molar-refractivity contribution is 5.95. The molecule has 3 rings (SSSR count). The van der Waals surface area contributed by atoms with Gasteiger partial charge >= 0.3 is 5.97 Å². The Hall–Kier alpha value is -1.95. The molecule has 110 valence electrons. The predicted octanol–water partition coefficient (Wildman–Crippen LogP) is 2.95. The van der Waals surface area contributed by atoms with Crippen molar-refractivity contribution in [1.29, 1.82) is 0 Å². The number of hydrogen-bond donors (Lipinski definition) is 0. The Morgan fingerprint density at radius 3 is 2.14 bits per heavy atom. The van der Waals surface area contributed by atoms with E-state index in [1.807, 2.05) is 18.2 Å². The van der Waals surface area contributed by atoms with Crippen molar-refractivity contribution >= 4 is 16.7 Å². The number of fused-ring (bicyclic) bond motifs is 2. The second kappa shape index (κ2) is 5.44. The van der Waals surface area contributed by atoms with Crippen LogP contribution in [0.2, 0.25) is 0 Å². The van der Waals surface area contributed by atoms with Crippen LogP contribution in [0.4, 0.5) is 0 Å². The van der Waals surface area contributed by atoms with Gasteiger partial charge in [0.1, 0.15) is 0 Å². The van der Waals surface area contributed by atoms with E-state index in [9.17, 15) is 4.79 Å². The molecule has 0 unspecified atom stereocenters. The topological polar surface area (TPSA) is 54.0 Å². The Morgan fingerprint density at radius 2 is 1.57 bits per heavy atom. The van der Waals surface area contributed by atoms with Crippen molar-refractivity contribution in [2.24, 2.45) is 0 Å². The second-order valence-electron chi connectivity index (χ2n) is 4.81. The summed E-state index contributed by atoms with van der Waals surface area (Å²) >= 11 is 0. The molecule has 2 aromatic carbocycles. The molecule has 0 radical (unpaired) electrons. The Morgan fingerprint density at radius 1 is 0.952 bits per heavy atom. The van der Waals surface area contributed by atoms with Gasteiger partial charge in [-0.3, -0.25) is 0 Å². The average molecular weight is 288 g/mol. The van der Waals surface area contributed by atoms with Crippen LogP contribution in [-0.4, -0.2) is 27.3 Å². The van der Waals surface area contributed by atoms with Crippen molar-refractivity contribution < 1.29 is 23.7 Å². The van der Waals surface area contributed by atoms with E-state index in [1.54, 1.807) is 26.4 Å². The molecule has 5 nitrogen and oxygen atoms in total. The third kappa shape index (κ3) is 2.29. The monoisotopic (exact) mass is 288 g/mol. The molecule has 0 aliphatic carbocycles. The van der Waals surface area contributed by atoms with Gasteiger partial charge in [-0.25, -0.2) is 4.79 Å². The first kappa shape index (κ1) is 14.0. The van der Waals surface area contributed by atoms with Gasteiger partial charge in [0.2, 0.25) is 0 Å². The lowest BCUT2D eigenvalue weighted by atomic mass is 10.00. The summed E-state index contributed by atoms with van der Waals surface area (Å²) in [5.41, 5.74) is 2.38. The Balaban J connectivity index is 2.14. The Kier molecular flexibility index (Phi) is 3.63. The summed E-state index contributed by atoms with van der Waals surface area (Å²) in [6.07, 6.45) is -0.897. The van der Waals surface area contributed by atoms with Crippen LogP contribution < -0.4 is 0 Å². The van der Waals surface area contributed by atoms with E-state index in [0.717, 1.165) is 21.9 Å². The largest absolute Gasteiger partial charge is 0.465 e. The van der Waals surface area contributed by atoms with Crippen LogP contribution in [0.1, 0.15) is 34.1 Å². The van der Waals surface area contributed by atoms with Gasteiger partial charge in [0.25, 0.3) is 0 Å². The van der Waals surface area contributed by atoms with E-state index in [4.69, 9.17) is 18.9 Å². The molecule has 0 spiro atoms. The quantitative estimate of drug-likeness (QED) is 0.813. The average Bonchev–Trinajstić information content (AvgIpc) is 2.88. The number of ether oxygens (including phenoxy) is 4. The minimum absolute atomic E-state index is 0.355. The molecule has 1 aliphatic rings. The fourth-order valence-corrected chi connectivity index (χ4v) is 2.61. The number of benzene rings is 2. The van der Waals surface area contributed by atoms with Crippen molar-refractivity contribution in [3.05, 3.63) is 47.0 Å². The van der Waals surface area contributed by atoms with Crippen LogP contribution in [0, 0.1) is 0 Å². The zero-order chi connectivity index (χ0) is 15.0. The second-order valence-corrected chi connectivity index (χ2v) is 4.81. The summed E-state index contributed by atoms with van der Waals surface area (Å²) in [4.78, 5) is 11.6. The summed E-state index contributed by atoms with van der Waals surface area (Å²) in [5.74, 6) is -0.355. The molecular formula is C16H16O5. The van der Waals surface area contributed by atoms with Gasteiger partial charge in [-0.15, -0.1) is 0 Å². The van der Waals surface area contributed by atoms with E-state index in [1.165, 1.54) is 7.11 Å². The zero-order valence-corrected chi connectivity index (χ0v) is 12.1. The first-order valence-corrected chi connectivity index (χ1v) is 6.55. The zero-order valence-electron chi connectivity index (χ0n) is 12.1. The van der Waals surface area contributed by atoms with Crippen molar-refractivity contribution in [3.63, 3.8) is 0 Å². The normalized spacial score (nSPS) is 20.5. The highest BCUT2D eigenvalue weighted by atomic mass is 16.8. The summed E-state index contributed by atoms with van der Waals surface area (Å²) in [6.45, 7) is 0. The molecule has 0 saturated heterocycles. The number of rotatable bonds is 3. The minimum Gasteiger partial charge on any atom is -0.465 e. The van der Waals surface area contributed by atoms with Gasteiger partial charge in [0.05, 0.1) is 12.7 Å². The van der Waals surface area contributed by atoms with E-state index >= 15 is 0 Å². The Bertz CT molecular complexity index is 694. The van der Waals surface area contributed by atoms with Gasteiger partial charge in [-0.1, -0.05) is 6.07 Å². The van der Waals surface area contributed by atoms with Crippen LogP contribution in [0.25, 0.3) is 10.8 Å². The van der Waals surface area contributed by atoms with Gasteiger partial charge in [-0.2, -0.15) is 0 Å². The van der Waals surface area contributed by atoms with Crippen LogP contribution in [0.3, 0.4) is 0 Å². The lowest BCUT2D eigenvalue weighted by molar-refractivity contribution is -0.217. The van der Waals surface area contributed by atoms with Crippen LogP contribution in [0.15, 0.2) is 30.3 Å². The Labute approximate surface area is 122 Å². The van der Waals surface area contributed by atoms with Gasteiger partial charge in [0, 0.05) is 25.3 Å². The fraction of sp³-hybridized carbons (Fsp3) is 0.312. The third-order valence-electron chi connectivity index (χ3n) is 3.65. The summed E-state index contributed by atoms with van der Waals surface area (Å²) < 4.78 is 21.1. The minimum atomic E-state index is -0.462. The maximum absolute atomic E-state index is 11.6. The molecule has 2 aromatic rings.